The van der Waals surface area contributed by atoms with Crippen molar-refractivity contribution in [2.24, 2.45) is 5.92 Å². The lowest BCUT2D eigenvalue weighted by atomic mass is 9.85. The predicted octanol–water partition coefficient (Wildman–Crippen LogP) is 0.396. The number of nitriles is 1. The van der Waals surface area contributed by atoms with Gasteiger partial charge >= 0.3 is 11.8 Å². The third kappa shape index (κ3) is 4.23. The molecule has 184 valence electrons. The molecule has 1 amide bonds. The van der Waals surface area contributed by atoms with Crippen molar-refractivity contribution in [3.05, 3.63) is 36.2 Å². The highest BCUT2D eigenvalue weighted by molar-refractivity contribution is 5.88. The zero-order valence-corrected chi connectivity index (χ0v) is 18.3. The van der Waals surface area contributed by atoms with Gasteiger partial charge in [0.15, 0.2) is 6.17 Å². The van der Waals surface area contributed by atoms with Gasteiger partial charge in [0.05, 0.1) is 18.7 Å². The first kappa shape index (κ1) is 25.5. The molecule has 1 aliphatic rings. The van der Waals surface area contributed by atoms with Gasteiger partial charge in [-0.25, -0.2) is 9.18 Å². The number of aliphatic carboxylic acids is 1. The summed E-state index contributed by atoms with van der Waals surface area (Å²) in [6, 6.07) is 4.78. The smallest absolute Gasteiger partial charge is 0.372 e. The normalized spacial score (nSPS) is 28.9. The minimum absolute atomic E-state index is 0.141. The molecule has 1 fully saturated rings. The Labute approximate surface area is 193 Å². The molecular weight excluding hydrogens is 456 g/mol. The first-order chi connectivity index (χ1) is 16.0. The average molecular weight is 481 g/mol. The number of carbonyl (C=O) groups excluding carboxylic acids is 1. The van der Waals surface area contributed by atoms with Gasteiger partial charge < -0.3 is 35.0 Å². The second kappa shape index (κ2) is 9.63. The number of rotatable bonds is 7. The lowest BCUT2D eigenvalue weighted by Gasteiger charge is -2.47. The summed E-state index contributed by atoms with van der Waals surface area (Å²) < 4.78 is 37.1. The molecule has 3 rings (SSSR count). The number of carboxylic acid groups (broad SMARTS) is 1. The lowest BCUT2D eigenvalue weighted by molar-refractivity contribution is -0.282. The van der Waals surface area contributed by atoms with Crippen LogP contribution in [0.4, 0.5) is 8.78 Å². The third-order valence-corrected chi connectivity index (χ3v) is 5.91. The van der Waals surface area contributed by atoms with E-state index in [0.29, 0.717) is 10.8 Å². The van der Waals surface area contributed by atoms with Crippen molar-refractivity contribution in [2.45, 2.75) is 56.3 Å². The number of aliphatic hydroxyl groups is 3. The van der Waals surface area contributed by atoms with Crippen LogP contribution >= 0.6 is 0 Å². The fraction of sp³-hybridized carbons (Fsp3) is 0.500. The van der Waals surface area contributed by atoms with Crippen molar-refractivity contribution in [2.75, 3.05) is 6.61 Å². The molecule has 12 heteroatoms. The molecule has 0 saturated carbocycles. The molecule has 0 bridgehead atoms. The summed E-state index contributed by atoms with van der Waals surface area (Å²) in [5.74, 6) is -7.67. The molecule has 1 aromatic carbocycles. The van der Waals surface area contributed by atoms with Crippen LogP contribution in [0, 0.1) is 17.2 Å². The number of amides is 1. The van der Waals surface area contributed by atoms with E-state index in [1.807, 2.05) is 6.07 Å². The predicted molar refractivity (Wildman–Crippen MR) is 113 cm³/mol. The van der Waals surface area contributed by atoms with Gasteiger partial charge in [0.1, 0.15) is 30.1 Å². The Morgan fingerprint density at radius 2 is 1.97 bits per heavy atom. The molecule has 10 nitrogen and oxygen atoms in total. The van der Waals surface area contributed by atoms with E-state index < -0.39 is 66.8 Å². The number of carboxylic acids is 1. The molecule has 0 spiro atoms. The maximum absolute atomic E-state index is 15.7. The number of ether oxygens (including phenoxy) is 1. The van der Waals surface area contributed by atoms with E-state index >= 15 is 8.78 Å². The molecule has 2 heterocycles. The van der Waals surface area contributed by atoms with Crippen molar-refractivity contribution in [1.29, 1.82) is 5.26 Å². The quantitative estimate of drug-likeness (QED) is 0.379. The highest BCUT2D eigenvalue weighted by Crippen LogP contribution is 2.43. The summed E-state index contributed by atoms with van der Waals surface area (Å²) in [4.78, 5) is 24.3. The van der Waals surface area contributed by atoms with Gasteiger partial charge in [0.25, 0.3) is 0 Å². The van der Waals surface area contributed by atoms with Crippen LogP contribution in [-0.2, 0) is 14.3 Å². The average Bonchev–Trinajstić information content (AvgIpc) is 3.18. The second-order valence-corrected chi connectivity index (χ2v) is 8.44. The van der Waals surface area contributed by atoms with Gasteiger partial charge in [-0.2, -0.15) is 9.65 Å². The molecular formula is C22H25F2N3O7. The van der Waals surface area contributed by atoms with Crippen LogP contribution in [-0.4, -0.2) is 79.9 Å². The summed E-state index contributed by atoms with van der Waals surface area (Å²) in [6.07, 6.45) is -7.72. The van der Waals surface area contributed by atoms with Crippen molar-refractivity contribution in [3.8, 4) is 6.07 Å². The highest BCUT2D eigenvalue weighted by Gasteiger charge is 2.64. The lowest BCUT2D eigenvalue weighted by Crippen LogP contribution is -2.69. The maximum atomic E-state index is 15.7. The second-order valence-electron chi connectivity index (χ2n) is 8.44. The molecule has 2 unspecified atom stereocenters. The number of nitrogens with one attached hydrogen (secondary N) is 1. The summed E-state index contributed by atoms with van der Waals surface area (Å²) >= 11 is 0. The summed E-state index contributed by atoms with van der Waals surface area (Å²) in [5.41, 5.74) is -0.141. The molecule has 1 saturated heterocycles. The van der Waals surface area contributed by atoms with E-state index in [0.717, 1.165) is 4.57 Å². The summed E-state index contributed by atoms with van der Waals surface area (Å²) in [6.45, 7) is 2.01. The zero-order valence-electron chi connectivity index (χ0n) is 18.3. The molecule has 2 aromatic rings. The van der Waals surface area contributed by atoms with Crippen LogP contribution in [0.5, 0.6) is 0 Å². The molecule has 5 N–H and O–H groups in total. The minimum atomic E-state index is -4.01. The van der Waals surface area contributed by atoms with Crippen LogP contribution < -0.4 is 5.32 Å². The molecule has 0 aliphatic carbocycles. The fourth-order valence-electron chi connectivity index (χ4n) is 4.05. The highest BCUT2D eigenvalue weighted by atomic mass is 19.2. The van der Waals surface area contributed by atoms with E-state index in [9.17, 15) is 35.3 Å². The monoisotopic (exact) mass is 481 g/mol. The van der Waals surface area contributed by atoms with Gasteiger partial charge in [-0.1, -0.05) is 38.1 Å². The Hall–Kier alpha value is -3.11. The number of hydrogen-bond acceptors (Lipinski definition) is 7. The molecule has 34 heavy (non-hydrogen) atoms. The molecule has 1 aliphatic heterocycles. The Bertz CT molecular complexity index is 1120. The number of nitrogens with zero attached hydrogens (tertiary/aromatic N) is 2. The van der Waals surface area contributed by atoms with Gasteiger partial charge in [0, 0.05) is 22.9 Å². The number of halogens is 2. The van der Waals surface area contributed by atoms with E-state index in [4.69, 9.17) is 4.74 Å². The van der Waals surface area contributed by atoms with E-state index in [2.05, 4.69) is 5.32 Å². The number of benzene rings is 1. The topological polar surface area (TPSA) is 165 Å². The third-order valence-electron chi connectivity index (χ3n) is 5.91. The van der Waals surface area contributed by atoms with E-state index in [1.54, 1.807) is 24.3 Å². The summed E-state index contributed by atoms with van der Waals surface area (Å²) in [5, 5.41) is 52.3. The van der Waals surface area contributed by atoms with E-state index in [1.165, 1.54) is 20.0 Å². The number of carbonyl (C=O) groups is 2. The molecule has 0 radical (unpaired) electrons. The van der Waals surface area contributed by atoms with Crippen LogP contribution in [0.15, 0.2) is 30.5 Å². The van der Waals surface area contributed by atoms with E-state index in [-0.39, 0.29) is 5.69 Å². The Morgan fingerprint density at radius 3 is 2.53 bits per heavy atom. The molecule has 7 atom stereocenters. The largest absolute Gasteiger partial charge is 0.477 e. The number of aromatic nitrogens is 1. The van der Waals surface area contributed by atoms with Crippen molar-refractivity contribution in [1.82, 2.24) is 9.88 Å². The van der Waals surface area contributed by atoms with Crippen LogP contribution in [0.25, 0.3) is 10.8 Å². The standard InChI is InChI=1S/C22H25F2N3O7/c1-10(2)20(31)26-15-16(27-8-11-5-3-4-6-12(11)13(27)7-25)19(23)22(24,21(32)33)34-18(15)17(30)14(29)9-28/h3-6,8,10,14-19,28-30H,9H2,1-2H3,(H,26,31)(H,32,33)/t14-,15-,16-,17-,18-,19?,22?/m1/s1. The maximum Gasteiger partial charge on any atom is 0.372 e. The summed E-state index contributed by atoms with van der Waals surface area (Å²) in [7, 11) is 0. The zero-order chi connectivity index (χ0) is 25.4. The number of fused-ring (bicyclic) bond motifs is 1. The molecule has 1 aromatic heterocycles. The first-order valence-electron chi connectivity index (χ1n) is 10.5. The van der Waals surface area contributed by atoms with Crippen molar-refractivity contribution < 1.29 is 43.5 Å². The number of hydrogen-bond donors (Lipinski definition) is 5. The van der Waals surface area contributed by atoms with Crippen LogP contribution in [0.2, 0.25) is 0 Å². The van der Waals surface area contributed by atoms with Crippen molar-refractivity contribution in [3.63, 3.8) is 0 Å². The van der Waals surface area contributed by atoms with Gasteiger partial charge in [0.2, 0.25) is 5.91 Å². The van der Waals surface area contributed by atoms with Crippen LogP contribution in [0.3, 0.4) is 0 Å². The first-order valence-corrected chi connectivity index (χ1v) is 10.5. The Balaban J connectivity index is 2.27. The fourth-order valence-corrected chi connectivity index (χ4v) is 4.05. The SMILES string of the molecule is CC(C)C(=O)N[C@H]1[C@H]([C@H](O)[C@H](O)CO)OC(F)(C(=O)O)C(F)[C@@H]1n1cc2ccccc2c1C#N. The Morgan fingerprint density at radius 1 is 1.32 bits per heavy atom. The van der Waals surface area contributed by atoms with Gasteiger partial charge in [-0.15, -0.1) is 0 Å². The Kier molecular flexibility index (Phi) is 7.23. The number of aliphatic hydroxyl groups excluding tert-OH is 3. The number of alkyl halides is 2. The van der Waals surface area contributed by atoms with Gasteiger partial charge in [-0.05, 0) is 0 Å². The van der Waals surface area contributed by atoms with Crippen LogP contribution in [0.1, 0.15) is 25.6 Å². The van der Waals surface area contributed by atoms with Gasteiger partial charge in [-0.3, -0.25) is 4.79 Å². The minimum Gasteiger partial charge on any atom is -0.477 e. The van der Waals surface area contributed by atoms with Crippen molar-refractivity contribution >= 4 is 22.6 Å².